The van der Waals surface area contributed by atoms with Crippen molar-refractivity contribution in [1.82, 2.24) is 0 Å². The smallest absolute Gasteiger partial charge is 0.0543 e. The Hall–Kier alpha value is -0.820. The molecule has 0 aliphatic heterocycles. The van der Waals surface area contributed by atoms with Crippen LogP contribution in [0.2, 0.25) is 0 Å². The fourth-order valence-corrected chi connectivity index (χ4v) is 10.0. The average Bonchev–Trinajstić information content (AvgIpc) is 3.11. The maximum Gasteiger partial charge on any atom is 0.0543 e. The van der Waals surface area contributed by atoms with Crippen LogP contribution >= 0.6 is 0 Å². The minimum atomic E-state index is -0.0212. The van der Waals surface area contributed by atoms with E-state index >= 15 is 0 Å². The zero-order valence-corrected chi connectivity index (χ0v) is 21.5. The molecule has 0 spiro atoms. The molecule has 0 heterocycles. The van der Waals surface area contributed by atoms with E-state index in [0.717, 1.165) is 48.3 Å². The van der Waals surface area contributed by atoms with Gasteiger partial charge in [0.05, 0.1) is 6.10 Å². The summed E-state index contributed by atoms with van der Waals surface area (Å²) in [6.45, 7) is 12.5. The third kappa shape index (κ3) is 3.60. The SMILES string of the molecule is Cc1cccc(C)c1CC[C@@H](C)[C@H]1CC[C@H]2[C@@H]3CC[C@H]4C[C@@H](O)CC[C@]4(C)[C@H]3CC[C@]12C. The third-order valence-corrected chi connectivity index (χ3v) is 11.9. The molecular weight excluding hydrogens is 388 g/mol. The zero-order chi connectivity index (χ0) is 22.7. The van der Waals surface area contributed by atoms with Gasteiger partial charge in [0.1, 0.15) is 0 Å². The lowest BCUT2D eigenvalue weighted by atomic mass is 9.44. The van der Waals surface area contributed by atoms with Crippen LogP contribution in [0.5, 0.6) is 0 Å². The lowest BCUT2D eigenvalue weighted by molar-refractivity contribution is -0.129. The molecule has 4 aliphatic carbocycles. The van der Waals surface area contributed by atoms with Crippen molar-refractivity contribution in [2.24, 2.45) is 46.3 Å². The second kappa shape index (κ2) is 8.44. The fraction of sp³-hybridized carbons (Fsp3) is 0.806. The summed E-state index contributed by atoms with van der Waals surface area (Å²) in [4.78, 5) is 0. The quantitative estimate of drug-likeness (QED) is 0.508. The second-order valence-electron chi connectivity index (χ2n) is 13.2. The van der Waals surface area contributed by atoms with Gasteiger partial charge in [0.25, 0.3) is 0 Å². The van der Waals surface area contributed by atoms with Gasteiger partial charge in [0, 0.05) is 0 Å². The summed E-state index contributed by atoms with van der Waals surface area (Å²) in [6.07, 6.45) is 14.7. The van der Waals surface area contributed by atoms with Gasteiger partial charge in [-0.15, -0.1) is 0 Å². The van der Waals surface area contributed by atoms with Crippen LogP contribution in [-0.2, 0) is 6.42 Å². The highest BCUT2D eigenvalue weighted by Gasteiger charge is 2.60. The maximum absolute atomic E-state index is 10.3. The Kier molecular flexibility index (Phi) is 6.05. The number of fused-ring (bicyclic) bond motifs is 5. The van der Waals surface area contributed by atoms with Gasteiger partial charge in [0.2, 0.25) is 0 Å². The van der Waals surface area contributed by atoms with Crippen molar-refractivity contribution in [1.29, 1.82) is 0 Å². The highest BCUT2D eigenvalue weighted by atomic mass is 16.3. The van der Waals surface area contributed by atoms with E-state index in [2.05, 4.69) is 52.8 Å². The standard InChI is InChI=1S/C31H48O/c1-20-7-6-8-21(2)25(20)11-9-22(3)27-13-14-28-26-12-10-23-19-24(32)15-17-30(23,4)29(26)16-18-31(27,28)5/h6-8,22-24,26-29,32H,9-19H2,1-5H3/t22-,23+,24+,26+,27-,28+,29+,30+,31-/m1/s1. The van der Waals surface area contributed by atoms with Crippen LogP contribution in [0.1, 0.15) is 102 Å². The first-order valence-electron chi connectivity index (χ1n) is 14.0. The summed E-state index contributed by atoms with van der Waals surface area (Å²) in [5.74, 6) is 5.37. The molecule has 5 rings (SSSR count). The van der Waals surface area contributed by atoms with E-state index < -0.39 is 0 Å². The number of hydrogen-bond donors (Lipinski definition) is 1. The van der Waals surface area contributed by atoms with Crippen molar-refractivity contribution in [2.75, 3.05) is 0 Å². The summed E-state index contributed by atoms with van der Waals surface area (Å²) >= 11 is 0. The molecule has 0 amide bonds. The molecule has 1 aromatic rings. The van der Waals surface area contributed by atoms with Crippen molar-refractivity contribution in [2.45, 2.75) is 111 Å². The molecule has 0 radical (unpaired) electrons. The first-order valence-corrected chi connectivity index (χ1v) is 14.0. The van der Waals surface area contributed by atoms with Crippen LogP contribution in [-0.4, -0.2) is 11.2 Å². The molecule has 4 aliphatic rings. The van der Waals surface area contributed by atoms with Crippen LogP contribution in [0, 0.1) is 60.2 Å². The molecular formula is C31H48O. The summed E-state index contributed by atoms with van der Waals surface area (Å²) in [6, 6.07) is 6.80. The molecule has 0 saturated heterocycles. The van der Waals surface area contributed by atoms with Gasteiger partial charge in [-0.05, 0) is 148 Å². The highest BCUT2D eigenvalue weighted by molar-refractivity contribution is 5.33. The van der Waals surface area contributed by atoms with E-state index in [0.29, 0.717) is 10.8 Å². The largest absolute Gasteiger partial charge is 0.393 e. The molecule has 1 N–H and O–H groups in total. The van der Waals surface area contributed by atoms with E-state index in [9.17, 15) is 5.11 Å². The van der Waals surface area contributed by atoms with Crippen LogP contribution in [0.4, 0.5) is 0 Å². The Bertz CT molecular complexity index is 807. The molecule has 178 valence electrons. The Balaban J connectivity index is 1.29. The molecule has 4 fully saturated rings. The van der Waals surface area contributed by atoms with Crippen molar-refractivity contribution in [3.8, 4) is 0 Å². The molecule has 1 heteroatoms. The Morgan fingerprint density at radius 2 is 1.59 bits per heavy atom. The first kappa shape index (κ1) is 22.9. The summed E-state index contributed by atoms with van der Waals surface area (Å²) in [5, 5.41) is 10.3. The molecule has 32 heavy (non-hydrogen) atoms. The second-order valence-corrected chi connectivity index (χ2v) is 13.2. The predicted molar refractivity (Wildman–Crippen MR) is 135 cm³/mol. The predicted octanol–water partition coefficient (Wildman–Crippen LogP) is 7.89. The highest BCUT2D eigenvalue weighted by Crippen LogP contribution is 2.68. The molecule has 0 aromatic heterocycles. The maximum atomic E-state index is 10.3. The molecule has 1 nitrogen and oxygen atoms in total. The summed E-state index contributed by atoms with van der Waals surface area (Å²) in [5.41, 5.74) is 5.65. The zero-order valence-electron chi connectivity index (χ0n) is 21.5. The van der Waals surface area contributed by atoms with Gasteiger partial charge >= 0.3 is 0 Å². The minimum Gasteiger partial charge on any atom is -0.393 e. The van der Waals surface area contributed by atoms with Gasteiger partial charge in [-0.25, -0.2) is 0 Å². The number of aliphatic hydroxyl groups is 1. The third-order valence-electron chi connectivity index (χ3n) is 11.9. The minimum absolute atomic E-state index is 0.0212. The fourth-order valence-electron chi connectivity index (χ4n) is 10.0. The topological polar surface area (TPSA) is 20.2 Å². The number of aryl methyl sites for hydroxylation is 2. The van der Waals surface area contributed by atoms with E-state index in [4.69, 9.17) is 0 Å². The average molecular weight is 437 g/mol. The monoisotopic (exact) mass is 436 g/mol. The van der Waals surface area contributed by atoms with E-state index in [1.807, 2.05) is 0 Å². The van der Waals surface area contributed by atoms with Crippen LogP contribution in [0.15, 0.2) is 18.2 Å². The van der Waals surface area contributed by atoms with Crippen molar-refractivity contribution < 1.29 is 5.11 Å². The van der Waals surface area contributed by atoms with Crippen molar-refractivity contribution in [3.05, 3.63) is 34.9 Å². The summed E-state index contributed by atoms with van der Waals surface area (Å²) in [7, 11) is 0. The Morgan fingerprint density at radius 1 is 0.906 bits per heavy atom. The summed E-state index contributed by atoms with van der Waals surface area (Å²) < 4.78 is 0. The van der Waals surface area contributed by atoms with E-state index in [1.165, 1.54) is 68.9 Å². The van der Waals surface area contributed by atoms with Crippen LogP contribution in [0.3, 0.4) is 0 Å². The number of aliphatic hydroxyl groups excluding tert-OH is 1. The Morgan fingerprint density at radius 3 is 2.34 bits per heavy atom. The number of benzene rings is 1. The molecule has 0 bridgehead atoms. The van der Waals surface area contributed by atoms with Crippen molar-refractivity contribution in [3.63, 3.8) is 0 Å². The van der Waals surface area contributed by atoms with E-state index in [1.54, 1.807) is 5.56 Å². The lowest BCUT2D eigenvalue weighted by Crippen LogP contribution is -2.54. The van der Waals surface area contributed by atoms with Gasteiger partial charge in [-0.3, -0.25) is 0 Å². The molecule has 9 atom stereocenters. The van der Waals surface area contributed by atoms with Gasteiger partial charge in [-0.1, -0.05) is 39.0 Å². The van der Waals surface area contributed by atoms with Gasteiger partial charge < -0.3 is 5.11 Å². The van der Waals surface area contributed by atoms with Gasteiger partial charge in [0.15, 0.2) is 0 Å². The molecule has 0 unspecified atom stereocenters. The molecule has 1 aromatic carbocycles. The normalized spacial score (nSPS) is 44.4. The van der Waals surface area contributed by atoms with E-state index in [-0.39, 0.29) is 6.10 Å². The molecule has 4 saturated carbocycles. The number of hydrogen-bond acceptors (Lipinski definition) is 1. The lowest BCUT2D eigenvalue weighted by Gasteiger charge is -2.61. The van der Waals surface area contributed by atoms with Crippen LogP contribution < -0.4 is 0 Å². The van der Waals surface area contributed by atoms with Crippen LogP contribution in [0.25, 0.3) is 0 Å². The van der Waals surface area contributed by atoms with Crippen molar-refractivity contribution >= 4 is 0 Å². The van der Waals surface area contributed by atoms with Gasteiger partial charge in [-0.2, -0.15) is 0 Å². The Labute approximate surface area is 197 Å². The number of rotatable bonds is 4. The first-order chi connectivity index (χ1) is 15.2.